The zero-order chi connectivity index (χ0) is 17.3. The molecule has 2 aromatic heterocycles. The van der Waals surface area contributed by atoms with Crippen molar-refractivity contribution in [3.8, 4) is 11.1 Å². The van der Waals surface area contributed by atoms with Crippen LogP contribution in [-0.2, 0) is 6.54 Å². The highest BCUT2D eigenvalue weighted by atomic mass is 16.1. The van der Waals surface area contributed by atoms with Gasteiger partial charge in [-0.25, -0.2) is 0 Å². The van der Waals surface area contributed by atoms with Crippen molar-refractivity contribution in [1.29, 1.82) is 0 Å². The van der Waals surface area contributed by atoms with Crippen LogP contribution in [0.3, 0.4) is 0 Å². The molecule has 1 saturated carbocycles. The Hall–Kier alpha value is -3.09. The Labute approximate surface area is 145 Å². The Balaban J connectivity index is 1.47. The van der Waals surface area contributed by atoms with Crippen molar-refractivity contribution >= 4 is 11.7 Å². The van der Waals surface area contributed by atoms with Gasteiger partial charge in [-0.15, -0.1) is 0 Å². The summed E-state index contributed by atoms with van der Waals surface area (Å²) < 4.78 is 1.92. The fourth-order valence-corrected chi connectivity index (χ4v) is 3.08. The molecule has 0 unspecified atom stereocenters. The average molecular weight is 336 g/mol. The fraction of sp³-hybridized carbons (Fsp3) is 0.278. The van der Waals surface area contributed by atoms with Gasteiger partial charge in [-0.1, -0.05) is 30.3 Å². The summed E-state index contributed by atoms with van der Waals surface area (Å²) in [7, 11) is 0. The maximum atomic E-state index is 12.7. The van der Waals surface area contributed by atoms with Gasteiger partial charge in [-0.2, -0.15) is 10.2 Å². The van der Waals surface area contributed by atoms with Gasteiger partial charge >= 0.3 is 0 Å². The second-order valence-corrected chi connectivity index (χ2v) is 6.61. The van der Waals surface area contributed by atoms with Gasteiger partial charge in [0.25, 0.3) is 5.91 Å². The minimum Gasteiger partial charge on any atom is -0.382 e. The lowest BCUT2D eigenvalue weighted by atomic mass is 10.0. The Bertz CT molecular complexity index is 864. The van der Waals surface area contributed by atoms with Crippen molar-refractivity contribution in [1.82, 2.24) is 25.3 Å². The topological polar surface area (TPSA) is 102 Å². The minimum atomic E-state index is -0.185. The van der Waals surface area contributed by atoms with Crippen molar-refractivity contribution in [2.45, 2.75) is 19.4 Å². The number of aromatic nitrogens is 4. The molecule has 0 bridgehead atoms. The number of nitrogens with zero attached hydrogens (tertiary/aromatic N) is 3. The van der Waals surface area contributed by atoms with Gasteiger partial charge in [0.2, 0.25) is 0 Å². The van der Waals surface area contributed by atoms with E-state index in [1.807, 2.05) is 47.3 Å². The highest BCUT2D eigenvalue weighted by Crippen LogP contribution is 2.46. The van der Waals surface area contributed by atoms with Gasteiger partial charge in [-0.05, 0) is 24.5 Å². The van der Waals surface area contributed by atoms with Gasteiger partial charge < -0.3 is 11.1 Å². The first kappa shape index (κ1) is 15.4. The summed E-state index contributed by atoms with van der Waals surface area (Å²) in [4.78, 5) is 12.7. The van der Waals surface area contributed by atoms with Gasteiger partial charge in [0.15, 0.2) is 5.82 Å². The van der Waals surface area contributed by atoms with Crippen LogP contribution in [0.4, 0.5) is 5.82 Å². The van der Waals surface area contributed by atoms with E-state index < -0.39 is 0 Å². The third kappa shape index (κ3) is 3.13. The lowest BCUT2D eigenvalue weighted by Gasteiger charge is -2.16. The van der Waals surface area contributed by atoms with Crippen LogP contribution in [0.2, 0.25) is 0 Å². The van der Waals surface area contributed by atoms with E-state index in [0.717, 1.165) is 24.9 Å². The molecule has 3 aromatic rings. The highest BCUT2D eigenvalue weighted by molar-refractivity contribution is 6.01. The molecule has 1 aromatic carbocycles. The Morgan fingerprint density at radius 2 is 2.08 bits per heavy atom. The zero-order valence-corrected chi connectivity index (χ0v) is 13.8. The largest absolute Gasteiger partial charge is 0.382 e. The molecule has 2 heterocycles. The number of nitrogens with one attached hydrogen (secondary N) is 2. The summed E-state index contributed by atoms with van der Waals surface area (Å²) in [6, 6.07) is 11.5. The Morgan fingerprint density at radius 3 is 2.76 bits per heavy atom. The molecule has 0 radical (unpaired) electrons. The molecular weight excluding hydrogens is 316 g/mol. The summed E-state index contributed by atoms with van der Waals surface area (Å²) in [6.07, 6.45) is 5.90. The molecule has 0 atom stereocenters. The van der Waals surface area contributed by atoms with Gasteiger partial charge in [0.1, 0.15) is 5.69 Å². The van der Waals surface area contributed by atoms with Crippen LogP contribution in [0.25, 0.3) is 11.1 Å². The molecule has 25 heavy (non-hydrogen) atoms. The minimum absolute atomic E-state index is 0.0974. The molecule has 128 valence electrons. The van der Waals surface area contributed by atoms with Crippen LogP contribution in [0, 0.1) is 5.41 Å². The molecule has 1 aliphatic rings. The normalized spacial score (nSPS) is 15.0. The SMILES string of the molecule is Nc1n[nH]c(C(=O)NCC2(Cn3cccn3)CC2)c1-c1ccccc1. The second-order valence-electron chi connectivity index (χ2n) is 6.61. The predicted octanol–water partition coefficient (Wildman–Crippen LogP) is 2.07. The molecular formula is C18H20N6O. The number of nitrogen functional groups attached to an aromatic ring is 1. The number of H-pyrrole nitrogens is 1. The van der Waals surface area contributed by atoms with E-state index in [-0.39, 0.29) is 11.3 Å². The highest BCUT2D eigenvalue weighted by Gasteiger charge is 2.43. The van der Waals surface area contributed by atoms with E-state index in [4.69, 9.17) is 5.73 Å². The molecule has 1 fully saturated rings. The van der Waals surface area contributed by atoms with E-state index in [9.17, 15) is 4.79 Å². The fourth-order valence-electron chi connectivity index (χ4n) is 3.08. The van der Waals surface area contributed by atoms with Gasteiger partial charge in [0.05, 0.1) is 5.56 Å². The quantitative estimate of drug-likeness (QED) is 0.641. The average Bonchev–Trinajstić information content (AvgIpc) is 3.02. The molecule has 7 nitrogen and oxygen atoms in total. The zero-order valence-electron chi connectivity index (χ0n) is 13.8. The van der Waals surface area contributed by atoms with Crippen LogP contribution >= 0.6 is 0 Å². The Kier molecular flexibility index (Phi) is 3.76. The lowest BCUT2D eigenvalue weighted by Crippen LogP contribution is -2.33. The molecule has 4 N–H and O–H groups in total. The number of carbonyl (C=O) groups is 1. The van der Waals surface area contributed by atoms with Crippen LogP contribution < -0.4 is 11.1 Å². The van der Waals surface area contributed by atoms with E-state index in [0.29, 0.717) is 23.6 Å². The summed E-state index contributed by atoms with van der Waals surface area (Å²) in [6.45, 7) is 1.43. The number of amides is 1. The first-order valence-electron chi connectivity index (χ1n) is 8.32. The van der Waals surface area contributed by atoms with E-state index in [1.165, 1.54) is 0 Å². The maximum absolute atomic E-state index is 12.7. The summed E-state index contributed by atoms with van der Waals surface area (Å²) in [5, 5.41) is 14.1. The predicted molar refractivity (Wildman–Crippen MR) is 94.7 cm³/mol. The number of hydrogen-bond acceptors (Lipinski definition) is 4. The number of carbonyl (C=O) groups excluding carboxylic acids is 1. The van der Waals surface area contributed by atoms with Crippen LogP contribution in [0.1, 0.15) is 23.3 Å². The van der Waals surface area contributed by atoms with Gasteiger partial charge in [-0.3, -0.25) is 14.6 Å². The number of nitrogens with two attached hydrogens (primary N) is 1. The summed E-state index contributed by atoms with van der Waals surface area (Å²) >= 11 is 0. The monoisotopic (exact) mass is 336 g/mol. The number of hydrogen-bond donors (Lipinski definition) is 3. The van der Waals surface area contributed by atoms with Crippen LogP contribution in [0.5, 0.6) is 0 Å². The summed E-state index contributed by atoms with van der Waals surface area (Å²) in [5.74, 6) is 0.142. The third-order valence-corrected chi connectivity index (χ3v) is 4.72. The van der Waals surface area contributed by atoms with Crippen LogP contribution in [-0.4, -0.2) is 32.4 Å². The molecule has 1 amide bonds. The molecule has 7 heteroatoms. The number of rotatable bonds is 6. The maximum Gasteiger partial charge on any atom is 0.270 e. The van der Waals surface area contributed by atoms with Gasteiger partial charge in [0, 0.05) is 30.9 Å². The second kappa shape index (κ2) is 6.08. The van der Waals surface area contributed by atoms with Crippen molar-refractivity contribution < 1.29 is 4.79 Å². The van der Waals surface area contributed by atoms with Crippen molar-refractivity contribution in [2.24, 2.45) is 5.41 Å². The number of benzene rings is 1. The summed E-state index contributed by atoms with van der Waals surface area (Å²) in [5.41, 5.74) is 7.98. The van der Waals surface area contributed by atoms with E-state index in [1.54, 1.807) is 6.20 Å². The van der Waals surface area contributed by atoms with Crippen molar-refractivity contribution in [3.63, 3.8) is 0 Å². The molecule has 0 saturated heterocycles. The first-order valence-corrected chi connectivity index (χ1v) is 8.32. The smallest absolute Gasteiger partial charge is 0.270 e. The molecule has 0 spiro atoms. The van der Waals surface area contributed by atoms with Crippen LogP contribution in [0.15, 0.2) is 48.8 Å². The number of anilines is 1. The molecule has 0 aliphatic heterocycles. The number of aromatic amines is 1. The lowest BCUT2D eigenvalue weighted by molar-refractivity contribution is 0.0938. The molecule has 4 rings (SSSR count). The van der Waals surface area contributed by atoms with Crippen molar-refractivity contribution in [2.75, 3.05) is 12.3 Å². The van der Waals surface area contributed by atoms with Crippen molar-refractivity contribution in [3.05, 3.63) is 54.5 Å². The Morgan fingerprint density at radius 1 is 1.28 bits per heavy atom. The molecule has 1 aliphatic carbocycles. The van der Waals surface area contributed by atoms with E-state index in [2.05, 4.69) is 20.6 Å². The third-order valence-electron chi connectivity index (χ3n) is 4.72. The van der Waals surface area contributed by atoms with E-state index >= 15 is 0 Å². The standard InChI is InChI=1S/C18H20N6O/c19-16-14(13-5-2-1-3-6-13)15(22-23-16)17(25)20-11-18(7-8-18)12-24-10-4-9-21-24/h1-6,9-10H,7-8,11-12H2,(H,20,25)(H3,19,22,23). The first-order chi connectivity index (χ1) is 12.2.